The Kier molecular flexibility index (Phi) is 7.84. The highest BCUT2D eigenvalue weighted by Crippen LogP contribution is 2.31. The van der Waals surface area contributed by atoms with Crippen LogP contribution in [-0.2, 0) is 6.54 Å². The fraction of sp³-hybridized carbons (Fsp3) is 0.407. The van der Waals surface area contributed by atoms with Crippen molar-refractivity contribution in [2.24, 2.45) is 0 Å². The second-order valence-electron chi connectivity index (χ2n) is 9.31. The van der Waals surface area contributed by atoms with Crippen LogP contribution in [0.1, 0.15) is 39.8 Å². The van der Waals surface area contributed by atoms with Crippen molar-refractivity contribution in [3.05, 3.63) is 70.3 Å². The van der Waals surface area contributed by atoms with Crippen LogP contribution in [0.2, 0.25) is 0 Å². The van der Waals surface area contributed by atoms with Crippen LogP contribution in [0.3, 0.4) is 0 Å². The predicted octanol–water partition coefficient (Wildman–Crippen LogP) is 3.60. The summed E-state index contributed by atoms with van der Waals surface area (Å²) in [7, 11) is 1.63. The van der Waals surface area contributed by atoms with Crippen molar-refractivity contribution in [1.29, 1.82) is 0 Å². The van der Waals surface area contributed by atoms with Crippen molar-refractivity contribution in [2.75, 3.05) is 51.3 Å². The van der Waals surface area contributed by atoms with Gasteiger partial charge in [-0.3, -0.25) is 4.79 Å². The average Bonchev–Trinajstić information content (AvgIpc) is 3.47. The average molecular weight is 521 g/mol. The molecule has 10 heteroatoms. The molecule has 0 aliphatic carbocycles. The Morgan fingerprint density at radius 1 is 1.00 bits per heavy atom. The number of carbonyl (C=O) groups is 2. The van der Waals surface area contributed by atoms with Crippen LogP contribution in [0.15, 0.2) is 54.0 Å². The van der Waals surface area contributed by atoms with E-state index in [0.29, 0.717) is 38.4 Å². The lowest BCUT2D eigenvalue weighted by atomic mass is 9.98. The number of urea groups is 1. The maximum Gasteiger partial charge on any atom is 0.320 e. The van der Waals surface area contributed by atoms with E-state index in [0.717, 1.165) is 48.1 Å². The molecule has 5 rings (SSSR count). The zero-order valence-electron chi connectivity index (χ0n) is 21.0. The van der Waals surface area contributed by atoms with Gasteiger partial charge >= 0.3 is 6.03 Å². The number of hydrogen-bond donors (Lipinski definition) is 1. The van der Waals surface area contributed by atoms with Gasteiger partial charge in [-0.05, 0) is 42.7 Å². The number of nitrogens with zero attached hydrogens (tertiary/aromatic N) is 5. The van der Waals surface area contributed by atoms with Crippen molar-refractivity contribution >= 4 is 29.1 Å². The lowest BCUT2D eigenvalue weighted by molar-refractivity contribution is 0.0946. The molecule has 2 aromatic heterocycles. The van der Waals surface area contributed by atoms with Crippen LogP contribution in [-0.4, -0.2) is 78.1 Å². The number of likely N-dealkylation sites (tertiary alicyclic amines) is 1. The Morgan fingerprint density at radius 3 is 2.41 bits per heavy atom. The molecule has 1 aromatic carbocycles. The van der Waals surface area contributed by atoms with Gasteiger partial charge in [0, 0.05) is 63.3 Å². The van der Waals surface area contributed by atoms with Crippen LogP contribution in [0.4, 0.5) is 10.6 Å². The fourth-order valence-electron chi connectivity index (χ4n) is 4.78. The molecule has 0 unspecified atom stereocenters. The van der Waals surface area contributed by atoms with Gasteiger partial charge in [-0.2, -0.15) is 0 Å². The number of thiazole rings is 1. The number of ether oxygens (including phenoxy) is 1. The van der Waals surface area contributed by atoms with E-state index in [1.54, 1.807) is 13.3 Å². The van der Waals surface area contributed by atoms with E-state index in [-0.39, 0.29) is 17.9 Å². The fourth-order valence-corrected chi connectivity index (χ4v) is 5.75. The topological polar surface area (TPSA) is 90.9 Å². The van der Waals surface area contributed by atoms with Gasteiger partial charge in [-0.15, -0.1) is 11.3 Å². The minimum atomic E-state index is -0.171. The quantitative estimate of drug-likeness (QED) is 0.534. The summed E-state index contributed by atoms with van der Waals surface area (Å²) >= 11 is 1.53. The summed E-state index contributed by atoms with van der Waals surface area (Å²) in [5.74, 6) is 1.86. The summed E-state index contributed by atoms with van der Waals surface area (Å²) in [5.41, 5.74) is 1.46. The number of hydrogen-bond acceptors (Lipinski definition) is 7. The SMILES string of the molecule is COc1ccc(CNC(=O)c2csc(C3CCN(C(=O)N4CCN(c5ccccn5)CC4)CC3)n2)cc1. The van der Waals surface area contributed by atoms with Gasteiger partial charge in [-0.25, -0.2) is 14.8 Å². The van der Waals surface area contributed by atoms with Crippen molar-refractivity contribution in [1.82, 2.24) is 25.1 Å². The Balaban J connectivity index is 1.07. The van der Waals surface area contributed by atoms with E-state index >= 15 is 0 Å². The van der Waals surface area contributed by atoms with Crippen LogP contribution < -0.4 is 15.0 Å². The zero-order valence-corrected chi connectivity index (χ0v) is 21.8. The Morgan fingerprint density at radius 2 is 1.73 bits per heavy atom. The normalized spacial score (nSPS) is 16.5. The number of aromatic nitrogens is 2. The first-order valence-corrected chi connectivity index (χ1v) is 13.5. The molecule has 2 aliphatic rings. The van der Waals surface area contributed by atoms with E-state index in [1.807, 2.05) is 57.6 Å². The highest BCUT2D eigenvalue weighted by atomic mass is 32.1. The summed E-state index contributed by atoms with van der Waals surface area (Å²) in [6, 6.07) is 13.7. The number of nitrogens with one attached hydrogen (secondary N) is 1. The van der Waals surface area contributed by atoms with Crippen molar-refractivity contribution in [2.45, 2.75) is 25.3 Å². The second-order valence-corrected chi connectivity index (χ2v) is 10.2. The molecule has 9 nitrogen and oxygen atoms in total. The molecule has 0 saturated carbocycles. The number of carbonyl (C=O) groups excluding carboxylic acids is 2. The molecule has 2 saturated heterocycles. The number of amides is 3. The number of piperazine rings is 1. The van der Waals surface area contributed by atoms with E-state index in [2.05, 4.69) is 20.2 Å². The molecule has 194 valence electrons. The minimum Gasteiger partial charge on any atom is -0.497 e. The highest BCUT2D eigenvalue weighted by Gasteiger charge is 2.30. The molecule has 3 amide bonds. The third-order valence-electron chi connectivity index (χ3n) is 7.00. The Labute approximate surface area is 221 Å². The van der Waals surface area contributed by atoms with Crippen LogP contribution in [0, 0.1) is 0 Å². The van der Waals surface area contributed by atoms with Crippen LogP contribution in [0.25, 0.3) is 0 Å². The zero-order chi connectivity index (χ0) is 25.6. The van der Waals surface area contributed by atoms with Crippen LogP contribution in [0.5, 0.6) is 5.75 Å². The summed E-state index contributed by atoms with van der Waals surface area (Å²) in [4.78, 5) is 40.9. The molecular weight excluding hydrogens is 488 g/mol. The number of pyridine rings is 1. The molecule has 2 aliphatic heterocycles. The van der Waals surface area contributed by atoms with E-state index < -0.39 is 0 Å². The third kappa shape index (κ3) is 6.02. The number of methoxy groups -OCH3 is 1. The second kappa shape index (κ2) is 11.6. The molecule has 0 atom stereocenters. The monoisotopic (exact) mass is 520 g/mol. The van der Waals surface area contributed by atoms with Gasteiger partial charge in [0.05, 0.1) is 12.1 Å². The summed E-state index contributed by atoms with van der Waals surface area (Å²) in [6.45, 7) is 4.86. The van der Waals surface area contributed by atoms with Gasteiger partial charge in [0.25, 0.3) is 5.91 Å². The van der Waals surface area contributed by atoms with Crippen molar-refractivity contribution in [3.8, 4) is 5.75 Å². The van der Waals surface area contributed by atoms with E-state index in [1.165, 1.54) is 11.3 Å². The lowest BCUT2D eigenvalue weighted by Gasteiger charge is -2.39. The Bertz CT molecular complexity index is 1190. The summed E-state index contributed by atoms with van der Waals surface area (Å²) in [6.07, 6.45) is 3.53. The maximum atomic E-state index is 13.1. The maximum absolute atomic E-state index is 13.1. The molecule has 37 heavy (non-hydrogen) atoms. The molecular formula is C27H32N6O3S. The molecule has 4 heterocycles. The molecule has 0 radical (unpaired) electrons. The number of piperidine rings is 1. The number of anilines is 1. The summed E-state index contributed by atoms with van der Waals surface area (Å²) in [5, 5.41) is 5.75. The number of benzene rings is 1. The van der Waals surface area contributed by atoms with Gasteiger partial charge in [0.15, 0.2) is 0 Å². The van der Waals surface area contributed by atoms with Gasteiger partial charge in [-0.1, -0.05) is 18.2 Å². The van der Waals surface area contributed by atoms with Crippen molar-refractivity contribution < 1.29 is 14.3 Å². The van der Waals surface area contributed by atoms with Gasteiger partial charge in [0.1, 0.15) is 17.3 Å². The highest BCUT2D eigenvalue weighted by molar-refractivity contribution is 7.09. The van der Waals surface area contributed by atoms with Crippen LogP contribution >= 0.6 is 11.3 Å². The minimum absolute atomic E-state index is 0.122. The Hall–Kier alpha value is -3.66. The summed E-state index contributed by atoms with van der Waals surface area (Å²) < 4.78 is 5.17. The smallest absolute Gasteiger partial charge is 0.320 e. The number of rotatable bonds is 6. The lowest BCUT2D eigenvalue weighted by Crippen LogP contribution is -2.54. The first-order valence-electron chi connectivity index (χ1n) is 12.7. The molecule has 3 aromatic rings. The first kappa shape index (κ1) is 25.0. The largest absolute Gasteiger partial charge is 0.497 e. The molecule has 2 fully saturated rings. The van der Waals surface area contributed by atoms with E-state index in [4.69, 9.17) is 4.74 Å². The molecule has 0 spiro atoms. The molecule has 0 bridgehead atoms. The van der Waals surface area contributed by atoms with Crippen molar-refractivity contribution in [3.63, 3.8) is 0 Å². The predicted molar refractivity (Wildman–Crippen MR) is 143 cm³/mol. The standard InChI is InChI=1S/C27H32N6O3S/c1-36-22-7-5-20(6-8-22)18-29-25(34)23-19-37-26(30-23)21-9-12-32(13-10-21)27(35)33-16-14-31(15-17-33)24-4-2-3-11-28-24/h2-8,11,19,21H,9-10,12-18H2,1H3,(H,29,34). The van der Waals surface area contributed by atoms with Gasteiger partial charge in [0.2, 0.25) is 0 Å². The molecule has 1 N–H and O–H groups in total. The van der Waals surface area contributed by atoms with Gasteiger partial charge < -0.3 is 24.8 Å². The third-order valence-corrected chi connectivity index (χ3v) is 8.01. The first-order chi connectivity index (χ1) is 18.1. The van der Waals surface area contributed by atoms with E-state index in [9.17, 15) is 9.59 Å².